The van der Waals surface area contributed by atoms with Gasteiger partial charge in [0.25, 0.3) is 5.91 Å². The van der Waals surface area contributed by atoms with Crippen molar-refractivity contribution in [1.82, 2.24) is 19.4 Å². The number of aryl methyl sites for hydroxylation is 1. The number of aromatic nitrogens is 2. The predicted octanol–water partition coefficient (Wildman–Crippen LogP) is 1.53. The van der Waals surface area contributed by atoms with Crippen LogP contribution in [0.2, 0.25) is 0 Å². The number of nitrogens with zero attached hydrogens (tertiary/aromatic N) is 4. The Hall–Kier alpha value is -1.40. The van der Waals surface area contributed by atoms with Gasteiger partial charge in [-0.2, -0.15) is 0 Å². The van der Waals surface area contributed by atoms with Crippen molar-refractivity contribution < 1.29 is 9.53 Å². The van der Waals surface area contributed by atoms with Gasteiger partial charge in [0.1, 0.15) is 5.69 Å². The van der Waals surface area contributed by atoms with E-state index in [0.29, 0.717) is 5.69 Å². The van der Waals surface area contributed by atoms with Gasteiger partial charge in [0, 0.05) is 39.0 Å². The molecule has 0 radical (unpaired) electrons. The van der Waals surface area contributed by atoms with Crippen LogP contribution in [0, 0.1) is 0 Å². The lowest BCUT2D eigenvalue weighted by Crippen LogP contribution is -2.44. The fraction of sp³-hybridized carbons (Fsp3) is 0.765. The molecule has 2 aliphatic rings. The molecule has 2 saturated heterocycles. The van der Waals surface area contributed by atoms with E-state index in [2.05, 4.69) is 9.88 Å². The molecule has 0 saturated carbocycles. The van der Waals surface area contributed by atoms with Gasteiger partial charge in [0.2, 0.25) is 0 Å². The van der Waals surface area contributed by atoms with E-state index in [9.17, 15) is 4.79 Å². The molecule has 0 N–H and O–H groups in total. The molecule has 3 rings (SSSR count). The number of hydrogen-bond acceptors (Lipinski definition) is 4. The van der Waals surface area contributed by atoms with E-state index < -0.39 is 0 Å². The molecule has 0 unspecified atom stereocenters. The van der Waals surface area contributed by atoms with Gasteiger partial charge in [-0.05, 0) is 51.7 Å². The first kappa shape index (κ1) is 16.5. The summed E-state index contributed by atoms with van der Waals surface area (Å²) in [6.07, 6.45) is 9.04. The van der Waals surface area contributed by atoms with Gasteiger partial charge < -0.3 is 19.1 Å². The summed E-state index contributed by atoms with van der Waals surface area (Å²) in [4.78, 5) is 21.7. The van der Waals surface area contributed by atoms with E-state index in [1.54, 1.807) is 6.33 Å². The molecule has 6 heteroatoms. The molecule has 23 heavy (non-hydrogen) atoms. The highest BCUT2D eigenvalue weighted by Gasteiger charge is 2.27. The molecule has 6 nitrogen and oxygen atoms in total. The van der Waals surface area contributed by atoms with Crippen LogP contribution in [0.25, 0.3) is 0 Å². The van der Waals surface area contributed by atoms with Crippen LogP contribution in [-0.4, -0.2) is 70.7 Å². The maximum absolute atomic E-state index is 12.9. The number of hydrogen-bond donors (Lipinski definition) is 0. The van der Waals surface area contributed by atoms with E-state index >= 15 is 0 Å². The number of carbonyl (C=O) groups is 1. The summed E-state index contributed by atoms with van der Waals surface area (Å²) in [5.41, 5.74) is 0.556. The molecule has 0 spiro atoms. The molecule has 3 heterocycles. The second-order valence-corrected chi connectivity index (χ2v) is 6.67. The molecular weight excluding hydrogens is 292 g/mol. The van der Waals surface area contributed by atoms with Crippen LogP contribution < -0.4 is 0 Å². The van der Waals surface area contributed by atoms with Crippen molar-refractivity contribution in [3.05, 3.63) is 18.2 Å². The second kappa shape index (κ2) is 7.93. The lowest BCUT2D eigenvalue weighted by atomic mass is 10.1. The van der Waals surface area contributed by atoms with Gasteiger partial charge in [-0.25, -0.2) is 4.98 Å². The Morgan fingerprint density at radius 2 is 2.09 bits per heavy atom. The zero-order valence-corrected chi connectivity index (χ0v) is 14.1. The topological polar surface area (TPSA) is 50.6 Å². The van der Waals surface area contributed by atoms with Crippen molar-refractivity contribution in [2.24, 2.45) is 7.05 Å². The molecule has 0 bridgehead atoms. The number of likely N-dealkylation sites (tertiary alicyclic amines) is 1. The fourth-order valence-electron chi connectivity index (χ4n) is 3.59. The predicted molar refractivity (Wildman–Crippen MR) is 88.4 cm³/mol. The maximum Gasteiger partial charge on any atom is 0.274 e. The molecule has 0 atom stereocenters. The van der Waals surface area contributed by atoms with E-state index in [1.165, 1.54) is 25.9 Å². The normalized spacial score (nSPS) is 20.0. The van der Waals surface area contributed by atoms with Gasteiger partial charge in [-0.1, -0.05) is 0 Å². The molecule has 1 aromatic heterocycles. The standard InChI is InChI=1S/C17H28N4O2/c1-19-13-16(18-14-19)17(22)21(15-5-11-23-12-6-15)10-4-9-20-7-2-3-8-20/h13-15H,2-12H2,1H3. The number of imidazole rings is 1. The van der Waals surface area contributed by atoms with E-state index in [4.69, 9.17) is 4.74 Å². The van der Waals surface area contributed by atoms with Crippen molar-refractivity contribution in [2.45, 2.75) is 38.1 Å². The number of rotatable bonds is 6. The third-order valence-electron chi connectivity index (χ3n) is 4.89. The second-order valence-electron chi connectivity index (χ2n) is 6.67. The largest absolute Gasteiger partial charge is 0.381 e. The minimum Gasteiger partial charge on any atom is -0.381 e. The molecule has 128 valence electrons. The van der Waals surface area contributed by atoms with Crippen LogP contribution in [0.5, 0.6) is 0 Å². The van der Waals surface area contributed by atoms with E-state index in [-0.39, 0.29) is 11.9 Å². The van der Waals surface area contributed by atoms with E-state index in [1.807, 2.05) is 22.7 Å². The highest BCUT2D eigenvalue weighted by molar-refractivity contribution is 5.92. The Kier molecular flexibility index (Phi) is 5.67. The van der Waals surface area contributed by atoms with Crippen LogP contribution in [0.3, 0.4) is 0 Å². The van der Waals surface area contributed by atoms with Crippen LogP contribution >= 0.6 is 0 Å². The smallest absolute Gasteiger partial charge is 0.274 e. The first-order chi connectivity index (χ1) is 11.2. The Balaban J connectivity index is 1.61. The van der Waals surface area contributed by atoms with E-state index in [0.717, 1.165) is 45.6 Å². The van der Waals surface area contributed by atoms with Crippen molar-refractivity contribution in [3.63, 3.8) is 0 Å². The van der Waals surface area contributed by atoms with Crippen LogP contribution in [0.1, 0.15) is 42.6 Å². The Morgan fingerprint density at radius 1 is 1.35 bits per heavy atom. The summed E-state index contributed by atoms with van der Waals surface area (Å²) in [5, 5.41) is 0. The molecule has 0 aliphatic carbocycles. The van der Waals surface area contributed by atoms with Crippen molar-refractivity contribution in [3.8, 4) is 0 Å². The number of ether oxygens (including phenoxy) is 1. The quantitative estimate of drug-likeness (QED) is 0.797. The average Bonchev–Trinajstić information content (AvgIpc) is 3.23. The average molecular weight is 320 g/mol. The summed E-state index contributed by atoms with van der Waals surface area (Å²) in [6.45, 7) is 5.84. The van der Waals surface area contributed by atoms with Gasteiger partial charge in [-0.15, -0.1) is 0 Å². The minimum absolute atomic E-state index is 0.0684. The lowest BCUT2D eigenvalue weighted by molar-refractivity contribution is 0.0278. The van der Waals surface area contributed by atoms with Crippen LogP contribution in [0.15, 0.2) is 12.5 Å². The zero-order chi connectivity index (χ0) is 16.1. The highest BCUT2D eigenvalue weighted by atomic mass is 16.5. The summed E-state index contributed by atoms with van der Waals surface area (Å²) < 4.78 is 7.29. The van der Waals surface area contributed by atoms with Crippen LogP contribution in [-0.2, 0) is 11.8 Å². The van der Waals surface area contributed by atoms with Gasteiger partial charge in [0.05, 0.1) is 6.33 Å². The minimum atomic E-state index is 0.0684. The lowest BCUT2D eigenvalue weighted by Gasteiger charge is -2.34. The maximum atomic E-state index is 12.9. The first-order valence-corrected chi connectivity index (χ1v) is 8.83. The summed E-state index contributed by atoms with van der Waals surface area (Å²) >= 11 is 0. The van der Waals surface area contributed by atoms with Crippen LogP contribution in [0.4, 0.5) is 0 Å². The van der Waals surface area contributed by atoms with Gasteiger partial charge in [0.15, 0.2) is 0 Å². The Morgan fingerprint density at radius 3 is 2.74 bits per heavy atom. The molecule has 1 amide bonds. The zero-order valence-electron chi connectivity index (χ0n) is 14.1. The summed E-state index contributed by atoms with van der Waals surface area (Å²) in [5.74, 6) is 0.0684. The van der Waals surface area contributed by atoms with Gasteiger partial charge in [-0.3, -0.25) is 4.79 Å². The molecule has 0 aromatic carbocycles. The van der Waals surface area contributed by atoms with Crippen molar-refractivity contribution >= 4 is 5.91 Å². The number of carbonyl (C=O) groups excluding carboxylic acids is 1. The summed E-state index contributed by atoms with van der Waals surface area (Å²) in [6, 6.07) is 0.289. The third-order valence-corrected chi connectivity index (χ3v) is 4.89. The van der Waals surface area contributed by atoms with Gasteiger partial charge >= 0.3 is 0 Å². The summed E-state index contributed by atoms with van der Waals surface area (Å²) in [7, 11) is 1.90. The first-order valence-electron chi connectivity index (χ1n) is 8.83. The molecule has 2 fully saturated rings. The van der Waals surface area contributed by atoms with Crippen molar-refractivity contribution in [2.75, 3.05) is 39.4 Å². The molecule has 2 aliphatic heterocycles. The highest BCUT2D eigenvalue weighted by Crippen LogP contribution is 2.18. The monoisotopic (exact) mass is 320 g/mol. The number of amides is 1. The molecule has 1 aromatic rings. The fourth-order valence-corrected chi connectivity index (χ4v) is 3.59. The van der Waals surface area contributed by atoms with Crippen molar-refractivity contribution in [1.29, 1.82) is 0 Å². The molecular formula is C17H28N4O2. The SMILES string of the molecule is Cn1cnc(C(=O)N(CCCN2CCCC2)C2CCOCC2)c1. The Labute approximate surface area is 138 Å². The Bertz CT molecular complexity index is 504. The third kappa shape index (κ3) is 4.32.